The largest absolute Gasteiger partial charge is 0.396 e. The summed E-state index contributed by atoms with van der Waals surface area (Å²) in [5, 5.41) is 20.7. The van der Waals surface area contributed by atoms with Crippen LogP contribution in [0.5, 0.6) is 0 Å². The number of aryl methyl sites for hydroxylation is 1. The molecule has 0 spiro atoms. The van der Waals surface area contributed by atoms with Crippen LogP contribution in [-0.2, 0) is 13.1 Å². The maximum absolute atomic E-state index is 8.81. The second-order valence-electron chi connectivity index (χ2n) is 5.84. The third-order valence-corrected chi connectivity index (χ3v) is 4.34. The minimum absolute atomic E-state index is 0.201. The molecular weight excluding hydrogens is 252 g/mol. The number of nitrogens with zero attached hydrogens (tertiary/aromatic N) is 3. The van der Waals surface area contributed by atoms with Gasteiger partial charge >= 0.3 is 0 Å². The van der Waals surface area contributed by atoms with Gasteiger partial charge in [0.2, 0.25) is 0 Å². The van der Waals surface area contributed by atoms with E-state index in [0.717, 1.165) is 31.1 Å². The van der Waals surface area contributed by atoms with Gasteiger partial charge in [-0.2, -0.15) is 0 Å². The highest BCUT2D eigenvalue weighted by Crippen LogP contribution is 2.27. The maximum atomic E-state index is 8.81. The van der Waals surface area contributed by atoms with E-state index in [2.05, 4.69) is 22.6 Å². The van der Waals surface area contributed by atoms with Crippen LogP contribution in [-0.4, -0.2) is 32.7 Å². The summed E-state index contributed by atoms with van der Waals surface area (Å²) in [5.41, 5.74) is 0.997. The molecule has 0 bridgehead atoms. The molecule has 1 aromatic rings. The van der Waals surface area contributed by atoms with Crippen LogP contribution in [0.1, 0.15) is 57.6 Å². The van der Waals surface area contributed by atoms with Crippen LogP contribution in [0.4, 0.5) is 0 Å². The summed E-state index contributed by atoms with van der Waals surface area (Å²) in [6, 6.07) is 0.609. The first-order valence-corrected chi connectivity index (χ1v) is 8.06. The fraction of sp³-hybridized carbons (Fsp3) is 0.867. The third kappa shape index (κ3) is 4.56. The average molecular weight is 280 g/mol. The van der Waals surface area contributed by atoms with Crippen molar-refractivity contribution >= 4 is 0 Å². The van der Waals surface area contributed by atoms with Crippen molar-refractivity contribution in [2.45, 2.75) is 71.0 Å². The Bertz CT molecular complexity index is 374. The summed E-state index contributed by atoms with van der Waals surface area (Å²) in [6.45, 7) is 4.01. The molecule has 1 aliphatic carbocycles. The molecule has 1 fully saturated rings. The van der Waals surface area contributed by atoms with E-state index in [0.29, 0.717) is 6.04 Å². The molecule has 20 heavy (non-hydrogen) atoms. The van der Waals surface area contributed by atoms with Gasteiger partial charge in [0.1, 0.15) is 0 Å². The predicted octanol–water partition coefficient (Wildman–Crippen LogP) is 2.11. The van der Waals surface area contributed by atoms with Gasteiger partial charge in [-0.1, -0.05) is 31.4 Å². The van der Waals surface area contributed by atoms with Crippen molar-refractivity contribution in [3.63, 3.8) is 0 Å². The first kappa shape index (κ1) is 15.4. The fourth-order valence-electron chi connectivity index (χ4n) is 3.18. The van der Waals surface area contributed by atoms with Gasteiger partial charge in [-0.3, -0.25) is 4.68 Å². The first-order chi connectivity index (χ1) is 9.83. The molecule has 0 aromatic carbocycles. The third-order valence-electron chi connectivity index (χ3n) is 4.34. The Balaban J connectivity index is 1.78. The SMILES string of the molecule is CCC(NCc1cn(CCCO)nn1)C1CCCCC1. The molecule has 1 aromatic heterocycles. The van der Waals surface area contributed by atoms with Crippen molar-refractivity contribution in [2.24, 2.45) is 5.92 Å². The molecule has 2 rings (SSSR count). The lowest BCUT2D eigenvalue weighted by Gasteiger charge is -2.30. The lowest BCUT2D eigenvalue weighted by atomic mass is 9.83. The van der Waals surface area contributed by atoms with Crippen LogP contribution >= 0.6 is 0 Å². The number of hydrogen-bond acceptors (Lipinski definition) is 4. The summed E-state index contributed by atoms with van der Waals surface area (Å²) in [5.74, 6) is 0.832. The minimum atomic E-state index is 0.201. The van der Waals surface area contributed by atoms with Crippen LogP contribution in [0, 0.1) is 5.92 Å². The number of aliphatic hydroxyl groups excluding tert-OH is 1. The molecule has 1 aliphatic rings. The van der Waals surface area contributed by atoms with E-state index in [1.807, 2.05) is 10.9 Å². The van der Waals surface area contributed by atoms with Crippen molar-refractivity contribution in [1.29, 1.82) is 0 Å². The molecule has 1 heterocycles. The Morgan fingerprint density at radius 2 is 2.20 bits per heavy atom. The van der Waals surface area contributed by atoms with E-state index in [4.69, 9.17) is 5.11 Å². The lowest BCUT2D eigenvalue weighted by Crippen LogP contribution is -2.36. The number of aromatic nitrogens is 3. The van der Waals surface area contributed by atoms with Crippen LogP contribution < -0.4 is 5.32 Å². The van der Waals surface area contributed by atoms with Crippen molar-refractivity contribution < 1.29 is 5.11 Å². The van der Waals surface area contributed by atoms with E-state index in [-0.39, 0.29) is 6.61 Å². The van der Waals surface area contributed by atoms with Gasteiger partial charge in [-0.25, -0.2) is 0 Å². The summed E-state index contributed by atoms with van der Waals surface area (Å²) in [7, 11) is 0. The van der Waals surface area contributed by atoms with E-state index in [9.17, 15) is 0 Å². The monoisotopic (exact) mass is 280 g/mol. The summed E-state index contributed by atoms with van der Waals surface area (Å²) in [6.07, 6.45) is 10.8. The topological polar surface area (TPSA) is 63.0 Å². The second kappa shape index (κ2) is 8.37. The molecule has 0 aliphatic heterocycles. The average Bonchev–Trinajstić information content (AvgIpc) is 2.95. The normalized spacial score (nSPS) is 18.3. The molecule has 2 N–H and O–H groups in total. The van der Waals surface area contributed by atoms with Gasteiger partial charge in [-0.15, -0.1) is 5.10 Å². The Kier molecular flexibility index (Phi) is 6.47. The molecule has 1 atom stereocenters. The van der Waals surface area contributed by atoms with Crippen molar-refractivity contribution in [2.75, 3.05) is 6.61 Å². The first-order valence-electron chi connectivity index (χ1n) is 8.06. The zero-order valence-corrected chi connectivity index (χ0v) is 12.6. The molecule has 0 amide bonds. The number of nitrogens with one attached hydrogen (secondary N) is 1. The Labute approximate surface area is 121 Å². The van der Waals surface area contributed by atoms with Crippen molar-refractivity contribution in [1.82, 2.24) is 20.3 Å². The maximum Gasteiger partial charge on any atom is 0.0964 e. The zero-order valence-electron chi connectivity index (χ0n) is 12.6. The predicted molar refractivity (Wildman–Crippen MR) is 79.2 cm³/mol. The van der Waals surface area contributed by atoms with Gasteiger partial charge in [0.05, 0.1) is 5.69 Å². The highest BCUT2D eigenvalue weighted by atomic mass is 16.3. The highest BCUT2D eigenvalue weighted by molar-refractivity contribution is 4.93. The molecule has 1 saturated carbocycles. The minimum Gasteiger partial charge on any atom is -0.396 e. The zero-order chi connectivity index (χ0) is 14.2. The Morgan fingerprint density at radius 1 is 1.40 bits per heavy atom. The van der Waals surface area contributed by atoms with E-state index < -0.39 is 0 Å². The molecule has 0 radical (unpaired) electrons. The summed E-state index contributed by atoms with van der Waals surface area (Å²) < 4.78 is 1.81. The smallest absolute Gasteiger partial charge is 0.0964 e. The summed E-state index contributed by atoms with van der Waals surface area (Å²) >= 11 is 0. The van der Waals surface area contributed by atoms with Crippen molar-refractivity contribution in [3.05, 3.63) is 11.9 Å². The van der Waals surface area contributed by atoms with Gasteiger partial charge in [0.25, 0.3) is 0 Å². The van der Waals surface area contributed by atoms with Crippen LogP contribution in [0.3, 0.4) is 0 Å². The van der Waals surface area contributed by atoms with E-state index >= 15 is 0 Å². The highest BCUT2D eigenvalue weighted by Gasteiger charge is 2.21. The van der Waals surface area contributed by atoms with Crippen LogP contribution in [0.2, 0.25) is 0 Å². The van der Waals surface area contributed by atoms with Crippen LogP contribution in [0.15, 0.2) is 6.20 Å². The Hall–Kier alpha value is -0.940. The van der Waals surface area contributed by atoms with E-state index in [1.54, 1.807) is 0 Å². The summed E-state index contributed by atoms with van der Waals surface area (Å²) in [4.78, 5) is 0. The second-order valence-corrected chi connectivity index (χ2v) is 5.84. The lowest BCUT2D eigenvalue weighted by molar-refractivity contribution is 0.261. The quantitative estimate of drug-likeness (QED) is 0.765. The Morgan fingerprint density at radius 3 is 2.90 bits per heavy atom. The van der Waals surface area contributed by atoms with E-state index in [1.165, 1.54) is 38.5 Å². The fourth-order valence-corrected chi connectivity index (χ4v) is 3.18. The molecular formula is C15H28N4O. The standard InChI is InChI=1S/C15H28N4O/c1-2-15(13-7-4-3-5-8-13)16-11-14-12-19(18-17-14)9-6-10-20/h12-13,15-16,20H,2-11H2,1H3. The molecule has 5 heteroatoms. The van der Waals surface area contributed by atoms with Crippen LogP contribution in [0.25, 0.3) is 0 Å². The van der Waals surface area contributed by atoms with Gasteiger partial charge < -0.3 is 10.4 Å². The van der Waals surface area contributed by atoms with Gasteiger partial charge in [-0.05, 0) is 31.6 Å². The van der Waals surface area contributed by atoms with Gasteiger partial charge in [0.15, 0.2) is 0 Å². The number of hydrogen-bond donors (Lipinski definition) is 2. The van der Waals surface area contributed by atoms with Gasteiger partial charge in [0, 0.05) is 31.9 Å². The molecule has 0 saturated heterocycles. The molecule has 1 unspecified atom stereocenters. The van der Waals surface area contributed by atoms with Crippen molar-refractivity contribution in [3.8, 4) is 0 Å². The number of aliphatic hydroxyl groups is 1. The number of rotatable bonds is 8. The molecule has 5 nitrogen and oxygen atoms in total. The molecule has 114 valence electrons.